The predicted molar refractivity (Wildman–Crippen MR) is 103 cm³/mol. The van der Waals surface area contributed by atoms with E-state index in [9.17, 15) is 4.79 Å². The maximum atomic E-state index is 12.4. The quantitative estimate of drug-likeness (QED) is 0.636. The number of carbonyl (C=O) groups is 1. The van der Waals surface area contributed by atoms with Crippen molar-refractivity contribution in [2.75, 3.05) is 19.0 Å². The molecule has 1 aliphatic heterocycles. The highest BCUT2D eigenvalue weighted by Crippen LogP contribution is 2.32. The highest BCUT2D eigenvalue weighted by atomic mass is 32.2. The zero-order valence-corrected chi connectivity index (χ0v) is 16.4. The van der Waals surface area contributed by atoms with E-state index < -0.39 is 0 Å². The lowest BCUT2D eigenvalue weighted by atomic mass is 10.1. The van der Waals surface area contributed by atoms with Crippen LogP contribution in [0.2, 0.25) is 0 Å². The summed E-state index contributed by atoms with van der Waals surface area (Å²) in [6.45, 7) is 3.02. The molecule has 3 heterocycles. The van der Waals surface area contributed by atoms with Crippen LogP contribution in [0.5, 0.6) is 11.5 Å². The van der Waals surface area contributed by atoms with Crippen molar-refractivity contribution in [2.24, 2.45) is 7.05 Å². The Labute approximate surface area is 166 Å². The first-order valence-corrected chi connectivity index (χ1v) is 9.85. The fourth-order valence-electron chi connectivity index (χ4n) is 2.89. The van der Waals surface area contributed by atoms with Gasteiger partial charge in [0, 0.05) is 7.05 Å². The van der Waals surface area contributed by atoms with Crippen molar-refractivity contribution in [2.45, 2.75) is 18.1 Å². The van der Waals surface area contributed by atoms with Crippen molar-refractivity contribution in [3.05, 3.63) is 42.2 Å². The summed E-state index contributed by atoms with van der Waals surface area (Å²) >= 11 is 1.32. The zero-order chi connectivity index (χ0) is 19.5. The number of amides is 1. The van der Waals surface area contributed by atoms with Gasteiger partial charge in [-0.15, -0.1) is 10.2 Å². The Morgan fingerprint density at radius 2 is 2.07 bits per heavy atom. The summed E-state index contributed by atoms with van der Waals surface area (Å²) in [7, 11) is 1.84. The van der Waals surface area contributed by atoms with Gasteiger partial charge in [-0.25, -0.2) is 0 Å². The maximum absolute atomic E-state index is 12.4. The molecular formula is C19H20N4O4S. The lowest BCUT2D eigenvalue weighted by Crippen LogP contribution is -2.28. The molecule has 1 N–H and O–H groups in total. The van der Waals surface area contributed by atoms with Crippen molar-refractivity contribution >= 4 is 17.7 Å². The van der Waals surface area contributed by atoms with Gasteiger partial charge in [0.15, 0.2) is 28.2 Å². The number of aromatic nitrogens is 3. The first kappa shape index (κ1) is 18.4. The van der Waals surface area contributed by atoms with Gasteiger partial charge in [-0.1, -0.05) is 17.8 Å². The van der Waals surface area contributed by atoms with Gasteiger partial charge in [0.1, 0.15) is 13.2 Å². The molecule has 0 aliphatic carbocycles. The number of carbonyl (C=O) groups excluding carboxylic acids is 1. The van der Waals surface area contributed by atoms with Crippen LogP contribution < -0.4 is 14.8 Å². The number of nitrogens with one attached hydrogen (secondary N) is 1. The minimum absolute atomic E-state index is 0.0880. The van der Waals surface area contributed by atoms with E-state index >= 15 is 0 Å². The van der Waals surface area contributed by atoms with Gasteiger partial charge in [-0.2, -0.15) is 0 Å². The third-order valence-electron chi connectivity index (χ3n) is 4.35. The van der Waals surface area contributed by atoms with Crippen LogP contribution in [0.3, 0.4) is 0 Å². The fraction of sp³-hybridized carbons (Fsp3) is 0.316. The van der Waals surface area contributed by atoms with E-state index in [1.807, 2.05) is 38.2 Å². The number of benzene rings is 1. The number of ether oxygens (including phenoxy) is 2. The molecule has 4 rings (SSSR count). The van der Waals surface area contributed by atoms with Gasteiger partial charge in [0.05, 0.1) is 18.1 Å². The Morgan fingerprint density at radius 1 is 1.25 bits per heavy atom. The molecule has 146 valence electrons. The van der Waals surface area contributed by atoms with Crippen molar-refractivity contribution in [1.29, 1.82) is 0 Å². The fourth-order valence-corrected chi connectivity index (χ4v) is 3.61. The van der Waals surface area contributed by atoms with Crippen molar-refractivity contribution < 1.29 is 18.7 Å². The van der Waals surface area contributed by atoms with Crippen molar-refractivity contribution in [1.82, 2.24) is 20.1 Å². The highest BCUT2D eigenvalue weighted by molar-refractivity contribution is 7.99. The lowest BCUT2D eigenvalue weighted by molar-refractivity contribution is -0.119. The van der Waals surface area contributed by atoms with Gasteiger partial charge < -0.3 is 23.8 Å². The molecule has 0 fully saturated rings. The molecule has 0 saturated carbocycles. The number of hydrogen-bond donors (Lipinski definition) is 1. The summed E-state index contributed by atoms with van der Waals surface area (Å²) in [4.78, 5) is 12.4. The van der Waals surface area contributed by atoms with Gasteiger partial charge in [-0.3, -0.25) is 4.79 Å². The molecule has 8 nitrogen and oxygen atoms in total. The summed E-state index contributed by atoms with van der Waals surface area (Å²) < 4.78 is 18.3. The molecule has 0 saturated heterocycles. The van der Waals surface area contributed by atoms with Crippen LogP contribution in [-0.2, 0) is 11.8 Å². The van der Waals surface area contributed by atoms with Crippen LogP contribution in [0.4, 0.5) is 0 Å². The Morgan fingerprint density at radius 3 is 2.86 bits per heavy atom. The molecule has 2 aromatic heterocycles. The number of fused-ring (bicyclic) bond motifs is 1. The van der Waals surface area contributed by atoms with Crippen LogP contribution >= 0.6 is 11.8 Å². The Hall–Kier alpha value is -2.94. The van der Waals surface area contributed by atoms with Gasteiger partial charge >= 0.3 is 0 Å². The van der Waals surface area contributed by atoms with E-state index in [0.717, 1.165) is 11.3 Å². The maximum Gasteiger partial charge on any atom is 0.230 e. The molecule has 1 aliphatic rings. The molecule has 28 heavy (non-hydrogen) atoms. The average molecular weight is 400 g/mol. The lowest BCUT2D eigenvalue weighted by Gasteiger charge is -2.21. The Balaban J connectivity index is 1.35. The van der Waals surface area contributed by atoms with Crippen LogP contribution in [0.1, 0.15) is 18.5 Å². The SMILES string of the molecule is C[C@@H](NC(=O)CSc1nnc(-c2ccco2)n1C)c1ccc2c(c1)OCCO2. The predicted octanol–water partition coefficient (Wildman–Crippen LogP) is 2.82. The number of furan rings is 1. The number of hydrogen-bond acceptors (Lipinski definition) is 7. The standard InChI is InChI=1S/C19H20N4O4S/c1-12(13-5-6-14-16(10-13)27-9-8-26-14)20-17(24)11-28-19-22-21-18(23(19)2)15-4-3-7-25-15/h3-7,10,12H,8-9,11H2,1-2H3,(H,20,24)/t12-/m1/s1. The first-order chi connectivity index (χ1) is 13.6. The second-order valence-corrected chi connectivity index (χ2v) is 7.27. The van der Waals surface area contributed by atoms with Gasteiger partial charge in [0.2, 0.25) is 5.91 Å². The van der Waals surface area contributed by atoms with E-state index in [0.29, 0.717) is 35.7 Å². The topological polar surface area (TPSA) is 91.4 Å². The largest absolute Gasteiger partial charge is 0.486 e. The van der Waals surface area contributed by atoms with E-state index in [1.165, 1.54) is 11.8 Å². The first-order valence-electron chi connectivity index (χ1n) is 8.87. The minimum Gasteiger partial charge on any atom is -0.486 e. The second kappa shape index (κ2) is 7.97. The molecule has 0 spiro atoms. The van der Waals surface area contributed by atoms with E-state index in [1.54, 1.807) is 16.9 Å². The Bertz CT molecular complexity index is 970. The number of thioether (sulfide) groups is 1. The minimum atomic E-state index is -0.151. The van der Waals surface area contributed by atoms with Crippen LogP contribution in [0.15, 0.2) is 46.2 Å². The molecular weight excluding hydrogens is 380 g/mol. The molecule has 3 aromatic rings. The van der Waals surface area contributed by atoms with E-state index in [4.69, 9.17) is 13.9 Å². The van der Waals surface area contributed by atoms with Crippen molar-refractivity contribution in [3.63, 3.8) is 0 Å². The molecule has 1 aromatic carbocycles. The normalized spacial score (nSPS) is 13.9. The monoisotopic (exact) mass is 400 g/mol. The summed E-state index contributed by atoms with van der Waals surface area (Å²) in [5.74, 6) is 2.85. The van der Waals surface area contributed by atoms with E-state index in [-0.39, 0.29) is 17.7 Å². The average Bonchev–Trinajstić information content (AvgIpc) is 3.35. The summed E-state index contributed by atoms with van der Waals surface area (Å²) in [6, 6.07) is 9.18. The Kier molecular flexibility index (Phi) is 5.25. The van der Waals surface area contributed by atoms with Crippen LogP contribution in [0.25, 0.3) is 11.6 Å². The molecule has 0 bridgehead atoms. The molecule has 1 amide bonds. The number of rotatable bonds is 6. The van der Waals surface area contributed by atoms with E-state index in [2.05, 4.69) is 15.5 Å². The number of nitrogens with zero attached hydrogens (tertiary/aromatic N) is 3. The summed E-state index contributed by atoms with van der Waals surface area (Å²) in [5.41, 5.74) is 0.960. The highest BCUT2D eigenvalue weighted by Gasteiger charge is 2.18. The molecule has 9 heteroatoms. The zero-order valence-electron chi connectivity index (χ0n) is 15.5. The van der Waals surface area contributed by atoms with Crippen LogP contribution in [-0.4, -0.2) is 39.6 Å². The second-order valence-electron chi connectivity index (χ2n) is 6.32. The summed E-state index contributed by atoms with van der Waals surface area (Å²) in [5, 5.41) is 11.9. The third-order valence-corrected chi connectivity index (χ3v) is 5.37. The van der Waals surface area contributed by atoms with Crippen LogP contribution in [0, 0.1) is 0 Å². The third kappa shape index (κ3) is 3.84. The molecule has 1 atom stereocenters. The van der Waals surface area contributed by atoms with Crippen molar-refractivity contribution in [3.8, 4) is 23.1 Å². The summed E-state index contributed by atoms with van der Waals surface area (Å²) in [6.07, 6.45) is 1.59. The smallest absolute Gasteiger partial charge is 0.230 e. The van der Waals surface area contributed by atoms with Gasteiger partial charge in [-0.05, 0) is 36.8 Å². The molecule has 0 unspecified atom stereocenters. The van der Waals surface area contributed by atoms with Gasteiger partial charge in [0.25, 0.3) is 0 Å². The molecule has 0 radical (unpaired) electrons.